The van der Waals surface area contributed by atoms with Gasteiger partial charge in [0, 0.05) is 17.7 Å². The maximum Gasteiger partial charge on any atom is 0.167 e. The van der Waals surface area contributed by atoms with Crippen molar-refractivity contribution in [2.75, 3.05) is 6.54 Å². The van der Waals surface area contributed by atoms with Crippen LogP contribution in [0, 0.1) is 11.6 Å². The van der Waals surface area contributed by atoms with Crippen molar-refractivity contribution in [3.63, 3.8) is 0 Å². The summed E-state index contributed by atoms with van der Waals surface area (Å²) in [4.78, 5) is 0. The number of halogens is 2. The molecule has 106 valence electrons. The van der Waals surface area contributed by atoms with Crippen LogP contribution in [0.15, 0.2) is 42.5 Å². The van der Waals surface area contributed by atoms with Crippen LogP contribution in [0.3, 0.4) is 0 Å². The van der Waals surface area contributed by atoms with E-state index >= 15 is 0 Å². The normalized spacial score (nSPS) is 12.2. The van der Waals surface area contributed by atoms with Gasteiger partial charge in [0.1, 0.15) is 11.6 Å². The van der Waals surface area contributed by atoms with E-state index in [1.807, 2.05) is 13.8 Å². The zero-order valence-electron chi connectivity index (χ0n) is 11.5. The Balaban J connectivity index is 2.35. The van der Waals surface area contributed by atoms with Gasteiger partial charge in [0.2, 0.25) is 0 Å². The van der Waals surface area contributed by atoms with Crippen LogP contribution in [0.1, 0.15) is 25.5 Å². The number of hydrogen-bond acceptors (Lipinski definition) is 2. The van der Waals surface area contributed by atoms with E-state index in [9.17, 15) is 8.78 Å². The van der Waals surface area contributed by atoms with Crippen LogP contribution in [0.2, 0.25) is 0 Å². The van der Waals surface area contributed by atoms with Crippen LogP contribution >= 0.6 is 0 Å². The standard InChI is InChI=1S/C16H17F2NO/c1-3-19-11(2)14-8-5-9-15(18)16(14)20-13-7-4-6-12(17)10-13/h4-11,19H,3H2,1-2H3. The van der Waals surface area contributed by atoms with E-state index < -0.39 is 11.6 Å². The summed E-state index contributed by atoms with van der Waals surface area (Å²) in [7, 11) is 0. The quantitative estimate of drug-likeness (QED) is 0.873. The summed E-state index contributed by atoms with van der Waals surface area (Å²) in [6.45, 7) is 4.66. The predicted octanol–water partition coefficient (Wildman–Crippen LogP) is 4.43. The molecular weight excluding hydrogens is 260 g/mol. The summed E-state index contributed by atoms with van der Waals surface area (Å²) in [5, 5.41) is 3.21. The van der Waals surface area contributed by atoms with Gasteiger partial charge in [0.05, 0.1) is 0 Å². The molecule has 4 heteroatoms. The Morgan fingerprint density at radius 1 is 1.15 bits per heavy atom. The number of ether oxygens (including phenoxy) is 1. The van der Waals surface area contributed by atoms with Crippen LogP contribution in [0.4, 0.5) is 8.78 Å². The molecule has 0 heterocycles. The number of hydrogen-bond donors (Lipinski definition) is 1. The minimum atomic E-state index is -0.462. The molecule has 0 saturated heterocycles. The first-order chi connectivity index (χ1) is 9.61. The summed E-state index contributed by atoms with van der Waals surface area (Å²) in [5.74, 6) is -0.469. The molecule has 1 N–H and O–H groups in total. The monoisotopic (exact) mass is 277 g/mol. The number of benzene rings is 2. The minimum Gasteiger partial charge on any atom is -0.454 e. The molecule has 2 aromatic rings. The smallest absolute Gasteiger partial charge is 0.167 e. The van der Waals surface area contributed by atoms with Crippen molar-refractivity contribution in [1.82, 2.24) is 5.32 Å². The number of para-hydroxylation sites is 1. The molecule has 0 saturated carbocycles. The summed E-state index contributed by atoms with van der Waals surface area (Å²) >= 11 is 0. The fourth-order valence-corrected chi connectivity index (χ4v) is 2.04. The molecule has 20 heavy (non-hydrogen) atoms. The fraction of sp³-hybridized carbons (Fsp3) is 0.250. The fourth-order valence-electron chi connectivity index (χ4n) is 2.04. The number of rotatable bonds is 5. The van der Waals surface area contributed by atoms with Crippen molar-refractivity contribution >= 4 is 0 Å². The predicted molar refractivity (Wildman–Crippen MR) is 75.0 cm³/mol. The molecule has 0 spiro atoms. The van der Waals surface area contributed by atoms with Gasteiger partial charge >= 0.3 is 0 Å². The average molecular weight is 277 g/mol. The first-order valence-corrected chi connectivity index (χ1v) is 6.57. The molecule has 0 bridgehead atoms. The van der Waals surface area contributed by atoms with Crippen molar-refractivity contribution < 1.29 is 13.5 Å². The molecule has 0 aliphatic rings. The summed E-state index contributed by atoms with van der Waals surface area (Å²) in [5.41, 5.74) is 0.705. The van der Waals surface area contributed by atoms with Gasteiger partial charge in [0.15, 0.2) is 11.6 Å². The first-order valence-electron chi connectivity index (χ1n) is 6.57. The zero-order chi connectivity index (χ0) is 14.5. The van der Waals surface area contributed by atoms with Gasteiger partial charge < -0.3 is 10.1 Å². The van der Waals surface area contributed by atoms with Crippen molar-refractivity contribution in [2.24, 2.45) is 0 Å². The zero-order valence-corrected chi connectivity index (χ0v) is 11.5. The van der Waals surface area contributed by atoms with Gasteiger partial charge in [0.25, 0.3) is 0 Å². The molecule has 0 aromatic heterocycles. The molecule has 1 atom stereocenters. The van der Waals surface area contributed by atoms with Crippen LogP contribution in [-0.4, -0.2) is 6.54 Å². The van der Waals surface area contributed by atoms with Gasteiger partial charge in [-0.3, -0.25) is 0 Å². The Morgan fingerprint density at radius 2 is 1.90 bits per heavy atom. The Hall–Kier alpha value is -1.94. The third-order valence-electron chi connectivity index (χ3n) is 2.99. The highest BCUT2D eigenvalue weighted by Crippen LogP contribution is 2.32. The maximum atomic E-state index is 14.0. The van der Waals surface area contributed by atoms with Crippen molar-refractivity contribution in [3.8, 4) is 11.5 Å². The molecule has 0 aliphatic heterocycles. The first kappa shape index (κ1) is 14.5. The molecular formula is C16H17F2NO. The van der Waals surface area contributed by atoms with Gasteiger partial charge in [-0.1, -0.05) is 25.1 Å². The molecule has 0 fully saturated rings. The number of nitrogens with one attached hydrogen (secondary N) is 1. The lowest BCUT2D eigenvalue weighted by Crippen LogP contribution is -2.18. The van der Waals surface area contributed by atoms with Crippen molar-refractivity contribution in [3.05, 3.63) is 59.7 Å². The molecule has 0 aliphatic carbocycles. The Labute approximate surface area is 117 Å². The molecule has 2 rings (SSSR count). The highest BCUT2D eigenvalue weighted by molar-refractivity contribution is 5.40. The van der Waals surface area contributed by atoms with Crippen LogP contribution in [0.25, 0.3) is 0 Å². The van der Waals surface area contributed by atoms with E-state index in [4.69, 9.17) is 4.74 Å². The molecule has 0 radical (unpaired) electrons. The van der Waals surface area contributed by atoms with Crippen LogP contribution in [-0.2, 0) is 0 Å². The van der Waals surface area contributed by atoms with Gasteiger partial charge in [-0.15, -0.1) is 0 Å². The second-order valence-corrected chi connectivity index (χ2v) is 4.50. The summed E-state index contributed by atoms with van der Waals surface area (Å²) < 4.78 is 32.7. The summed E-state index contributed by atoms with van der Waals surface area (Å²) in [6, 6.07) is 10.4. The van der Waals surface area contributed by atoms with E-state index in [0.717, 1.165) is 6.54 Å². The third-order valence-corrected chi connectivity index (χ3v) is 2.99. The van der Waals surface area contributed by atoms with Crippen LogP contribution < -0.4 is 10.1 Å². The van der Waals surface area contributed by atoms with Crippen molar-refractivity contribution in [1.29, 1.82) is 0 Å². The molecule has 0 amide bonds. The lowest BCUT2D eigenvalue weighted by Gasteiger charge is -2.18. The topological polar surface area (TPSA) is 21.3 Å². The van der Waals surface area contributed by atoms with Crippen LogP contribution in [0.5, 0.6) is 11.5 Å². The van der Waals surface area contributed by atoms with Gasteiger partial charge in [-0.05, 0) is 31.7 Å². The van der Waals surface area contributed by atoms with E-state index in [1.54, 1.807) is 18.2 Å². The minimum absolute atomic E-state index is 0.0562. The lowest BCUT2D eigenvalue weighted by atomic mass is 10.1. The van der Waals surface area contributed by atoms with Gasteiger partial charge in [-0.2, -0.15) is 0 Å². The maximum absolute atomic E-state index is 14.0. The van der Waals surface area contributed by atoms with E-state index in [0.29, 0.717) is 5.56 Å². The Bertz CT molecular complexity index is 586. The summed E-state index contributed by atoms with van der Waals surface area (Å²) in [6.07, 6.45) is 0. The second kappa shape index (κ2) is 6.48. The third kappa shape index (κ3) is 3.33. The Morgan fingerprint density at radius 3 is 2.60 bits per heavy atom. The largest absolute Gasteiger partial charge is 0.454 e. The van der Waals surface area contributed by atoms with Crippen molar-refractivity contribution in [2.45, 2.75) is 19.9 Å². The molecule has 2 aromatic carbocycles. The van der Waals surface area contributed by atoms with Gasteiger partial charge in [-0.25, -0.2) is 8.78 Å². The highest BCUT2D eigenvalue weighted by atomic mass is 19.1. The second-order valence-electron chi connectivity index (χ2n) is 4.50. The molecule has 2 nitrogen and oxygen atoms in total. The average Bonchev–Trinajstić information content (AvgIpc) is 2.41. The highest BCUT2D eigenvalue weighted by Gasteiger charge is 2.15. The van der Waals surface area contributed by atoms with E-state index in [-0.39, 0.29) is 17.5 Å². The van der Waals surface area contributed by atoms with E-state index in [2.05, 4.69) is 5.32 Å². The molecule has 1 unspecified atom stereocenters. The SMILES string of the molecule is CCNC(C)c1cccc(F)c1Oc1cccc(F)c1. The Kier molecular flexibility index (Phi) is 4.69. The van der Waals surface area contributed by atoms with E-state index in [1.165, 1.54) is 24.3 Å². The lowest BCUT2D eigenvalue weighted by molar-refractivity contribution is 0.423.